The first-order valence-corrected chi connectivity index (χ1v) is 6.33. The van der Waals surface area contributed by atoms with E-state index in [9.17, 15) is 4.79 Å². The molecule has 1 heterocycles. The van der Waals surface area contributed by atoms with Gasteiger partial charge in [0.25, 0.3) is 5.91 Å². The van der Waals surface area contributed by atoms with E-state index in [-0.39, 0.29) is 11.7 Å². The Bertz CT molecular complexity index is 600. The van der Waals surface area contributed by atoms with E-state index in [0.717, 1.165) is 11.3 Å². The SMILES string of the molecule is Cc1nc(C)c(C(=O)Nc2ccccc2C(C)C)o1. The first kappa shape index (κ1) is 13.3. The lowest BCUT2D eigenvalue weighted by Gasteiger charge is -2.12. The average Bonchev–Trinajstić information content (AvgIpc) is 2.69. The van der Waals surface area contributed by atoms with Crippen LogP contribution in [0.3, 0.4) is 0 Å². The summed E-state index contributed by atoms with van der Waals surface area (Å²) in [5.74, 6) is 0.858. The second-order valence-electron chi connectivity index (χ2n) is 4.84. The zero-order chi connectivity index (χ0) is 14.0. The predicted octanol–water partition coefficient (Wildman–Crippen LogP) is 3.67. The highest BCUT2D eigenvalue weighted by atomic mass is 16.4. The second kappa shape index (κ2) is 5.26. The van der Waals surface area contributed by atoms with Crippen LogP contribution < -0.4 is 5.32 Å². The predicted molar refractivity (Wildman–Crippen MR) is 74.5 cm³/mol. The number of carbonyl (C=O) groups excluding carboxylic acids is 1. The maximum atomic E-state index is 12.2. The number of hydrogen-bond donors (Lipinski definition) is 1. The summed E-state index contributed by atoms with van der Waals surface area (Å²) in [5, 5.41) is 2.89. The molecule has 0 atom stereocenters. The fraction of sp³-hybridized carbons (Fsp3) is 0.333. The van der Waals surface area contributed by atoms with Crippen LogP contribution in [0.5, 0.6) is 0 Å². The maximum Gasteiger partial charge on any atom is 0.293 e. The van der Waals surface area contributed by atoms with Crippen molar-refractivity contribution in [3.63, 3.8) is 0 Å². The van der Waals surface area contributed by atoms with Crippen molar-refractivity contribution in [2.24, 2.45) is 0 Å². The summed E-state index contributed by atoms with van der Waals surface area (Å²) in [6.45, 7) is 7.68. The summed E-state index contributed by atoms with van der Waals surface area (Å²) in [6.07, 6.45) is 0. The molecular weight excluding hydrogens is 240 g/mol. The average molecular weight is 258 g/mol. The molecule has 1 amide bonds. The van der Waals surface area contributed by atoms with E-state index in [1.807, 2.05) is 24.3 Å². The first-order chi connectivity index (χ1) is 8.99. The molecule has 0 saturated carbocycles. The first-order valence-electron chi connectivity index (χ1n) is 6.33. The molecule has 0 fully saturated rings. The minimum Gasteiger partial charge on any atom is -0.436 e. The molecule has 1 aromatic carbocycles. The van der Waals surface area contributed by atoms with Crippen LogP contribution in [0, 0.1) is 13.8 Å². The Morgan fingerprint density at radius 1 is 1.26 bits per heavy atom. The van der Waals surface area contributed by atoms with Crippen molar-refractivity contribution in [1.29, 1.82) is 0 Å². The van der Waals surface area contributed by atoms with Gasteiger partial charge in [-0.2, -0.15) is 0 Å². The Labute approximate surface area is 112 Å². The van der Waals surface area contributed by atoms with Crippen LogP contribution in [0.1, 0.15) is 47.5 Å². The lowest BCUT2D eigenvalue weighted by Crippen LogP contribution is -2.14. The normalized spacial score (nSPS) is 10.8. The number of para-hydroxylation sites is 1. The number of nitrogens with zero attached hydrogens (tertiary/aromatic N) is 1. The topological polar surface area (TPSA) is 55.1 Å². The monoisotopic (exact) mass is 258 g/mol. The summed E-state index contributed by atoms with van der Waals surface area (Å²) >= 11 is 0. The van der Waals surface area contributed by atoms with Gasteiger partial charge in [-0.3, -0.25) is 4.79 Å². The minimum absolute atomic E-state index is 0.258. The molecule has 0 aliphatic rings. The number of aromatic nitrogens is 1. The largest absolute Gasteiger partial charge is 0.436 e. The van der Waals surface area contributed by atoms with Crippen LogP contribution in [0.25, 0.3) is 0 Å². The van der Waals surface area contributed by atoms with Gasteiger partial charge < -0.3 is 9.73 Å². The summed E-state index contributed by atoms with van der Waals surface area (Å²) in [5.41, 5.74) is 2.53. The van der Waals surface area contributed by atoms with Crippen molar-refractivity contribution in [1.82, 2.24) is 4.98 Å². The van der Waals surface area contributed by atoms with Crippen molar-refractivity contribution in [2.75, 3.05) is 5.32 Å². The standard InChI is InChI=1S/C15H18N2O2/c1-9(2)12-7-5-6-8-13(12)17-15(18)14-10(3)16-11(4)19-14/h5-9H,1-4H3,(H,17,18). The molecule has 4 heteroatoms. The molecule has 0 saturated heterocycles. The van der Waals surface area contributed by atoms with Crippen molar-refractivity contribution >= 4 is 11.6 Å². The molecule has 100 valence electrons. The van der Waals surface area contributed by atoms with Crippen molar-refractivity contribution in [2.45, 2.75) is 33.6 Å². The zero-order valence-corrected chi connectivity index (χ0v) is 11.7. The number of hydrogen-bond acceptors (Lipinski definition) is 3. The highest BCUT2D eigenvalue weighted by Crippen LogP contribution is 2.24. The number of amides is 1. The molecule has 2 aromatic rings. The van der Waals surface area contributed by atoms with Gasteiger partial charge in [-0.05, 0) is 24.5 Å². The maximum absolute atomic E-state index is 12.2. The van der Waals surface area contributed by atoms with Crippen LogP contribution in [-0.4, -0.2) is 10.9 Å². The molecule has 0 aliphatic heterocycles. The van der Waals surface area contributed by atoms with Gasteiger partial charge in [-0.25, -0.2) is 4.98 Å². The second-order valence-corrected chi connectivity index (χ2v) is 4.84. The number of nitrogens with one attached hydrogen (secondary N) is 1. The Kier molecular flexibility index (Phi) is 3.69. The Morgan fingerprint density at radius 3 is 2.53 bits per heavy atom. The molecule has 4 nitrogen and oxygen atoms in total. The summed E-state index contributed by atoms with van der Waals surface area (Å²) in [4.78, 5) is 16.3. The van der Waals surface area contributed by atoms with Crippen LogP contribution in [-0.2, 0) is 0 Å². The summed E-state index contributed by atoms with van der Waals surface area (Å²) in [6, 6.07) is 7.78. The quantitative estimate of drug-likeness (QED) is 0.913. The number of oxazole rings is 1. The van der Waals surface area contributed by atoms with Gasteiger partial charge >= 0.3 is 0 Å². The lowest BCUT2D eigenvalue weighted by atomic mass is 10.0. The number of rotatable bonds is 3. The molecular formula is C15H18N2O2. The molecule has 19 heavy (non-hydrogen) atoms. The number of aryl methyl sites for hydroxylation is 2. The molecule has 0 aliphatic carbocycles. The van der Waals surface area contributed by atoms with Crippen LogP contribution >= 0.6 is 0 Å². The van der Waals surface area contributed by atoms with Crippen molar-refractivity contribution in [3.8, 4) is 0 Å². The van der Waals surface area contributed by atoms with Gasteiger partial charge in [0.1, 0.15) is 0 Å². The third-order valence-electron chi connectivity index (χ3n) is 2.94. The summed E-state index contributed by atoms with van der Waals surface area (Å²) in [7, 11) is 0. The van der Waals surface area contributed by atoms with E-state index in [2.05, 4.69) is 24.1 Å². The molecule has 0 unspecified atom stereocenters. The number of carbonyl (C=O) groups is 1. The van der Waals surface area contributed by atoms with Gasteiger partial charge in [0.2, 0.25) is 5.76 Å². The fourth-order valence-corrected chi connectivity index (χ4v) is 2.04. The minimum atomic E-state index is -0.258. The van der Waals surface area contributed by atoms with E-state index in [0.29, 0.717) is 17.5 Å². The third-order valence-corrected chi connectivity index (χ3v) is 2.94. The molecule has 0 radical (unpaired) electrons. The highest BCUT2D eigenvalue weighted by molar-refractivity contribution is 6.03. The van der Waals surface area contributed by atoms with Crippen LogP contribution in [0.15, 0.2) is 28.7 Å². The zero-order valence-electron chi connectivity index (χ0n) is 11.7. The highest BCUT2D eigenvalue weighted by Gasteiger charge is 2.17. The number of anilines is 1. The van der Waals surface area contributed by atoms with E-state index >= 15 is 0 Å². The van der Waals surface area contributed by atoms with Gasteiger partial charge in [0, 0.05) is 12.6 Å². The Morgan fingerprint density at radius 2 is 1.95 bits per heavy atom. The van der Waals surface area contributed by atoms with Crippen molar-refractivity contribution in [3.05, 3.63) is 47.2 Å². The van der Waals surface area contributed by atoms with E-state index in [1.165, 1.54) is 0 Å². The fourth-order valence-electron chi connectivity index (χ4n) is 2.04. The van der Waals surface area contributed by atoms with Crippen LogP contribution in [0.4, 0.5) is 5.69 Å². The molecule has 1 N–H and O–H groups in total. The Balaban J connectivity index is 2.27. The van der Waals surface area contributed by atoms with Gasteiger partial charge in [0.15, 0.2) is 5.89 Å². The van der Waals surface area contributed by atoms with E-state index in [1.54, 1.807) is 13.8 Å². The lowest BCUT2D eigenvalue weighted by molar-refractivity contribution is 0.0994. The molecule has 2 rings (SSSR count). The molecule has 0 bridgehead atoms. The van der Waals surface area contributed by atoms with Gasteiger partial charge in [-0.15, -0.1) is 0 Å². The number of benzene rings is 1. The molecule has 1 aromatic heterocycles. The Hall–Kier alpha value is -2.10. The molecule has 0 spiro atoms. The van der Waals surface area contributed by atoms with E-state index < -0.39 is 0 Å². The van der Waals surface area contributed by atoms with Gasteiger partial charge in [-0.1, -0.05) is 32.0 Å². The third kappa shape index (κ3) is 2.84. The van der Waals surface area contributed by atoms with Crippen molar-refractivity contribution < 1.29 is 9.21 Å². The van der Waals surface area contributed by atoms with Gasteiger partial charge in [0.05, 0.1) is 5.69 Å². The van der Waals surface area contributed by atoms with Crippen LogP contribution in [0.2, 0.25) is 0 Å². The summed E-state index contributed by atoms with van der Waals surface area (Å²) < 4.78 is 5.33. The van der Waals surface area contributed by atoms with E-state index in [4.69, 9.17) is 4.42 Å². The smallest absolute Gasteiger partial charge is 0.293 e.